The number of hydrogen-bond acceptors (Lipinski definition) is 4. The number of thiazole rings is 1. The van der Waals surface area contributed by atoms with E-state index in [-0.39, 0.29) is 5.91 Å². The number of rotatable bonds is 3. The average Bonchev–Trinajstić information content (AvgIpc) is 3.24. The number of hydrogen-bond donors (Lipinski definition) is 2. The number of anilines is 1. The van der Waals surface area contributed by atoms with Crippen LogP contribution in [0.15, 0.2) is 54.2 Å². The topological polar surface area (TPSA) is 70.7 Å². The molecular formula is C17H11ClN4OS. The maximum absolute atomic E-state index is 12.4. The number of imidazole rings is 1. The second-order valence-electron chi connectivity index (χ2n) is 5.13. The second-order valence-corrected chi connectivity index (χ2v) is 6.43. The highest BCUT2D eigenvalue weighted by Crippen LogP contribution is 2.26. The summed E-state index contributed by atoms with van der Waals surface area (Å²) in [6.45, 7) is 0. The second kappa shape index (κ2) is 6.07. The van der Waals surface area contributed by atoms with Gasteiger partial charge in [-0.3, -0.25) is 10.1 Å². The van der Waals surface area contributed by atoms with Gasteiger partial charge < -0.3 is 4.98 Å². The van der Waals surface area contributed by atoms with Crippen LogP contribution in [-0.2, 0) is 0 Å². The predicted octanol–water partition coefficient (Wildman–Crippen LogP) is 4.59. The Labute approximate surface area is 146 Å². The summed E-state index contributed by atoms with van der Waals surface area (Å²) in [5, 5.41) is 5.95. The van der Waals surface area contributed by atoms with Gasteiger partial charge in [-0.1, -0.05) is 23.7 Å². The van der Waals surface area contributed by atoms with Gasteiger partial charge in [-0.2, -0.15) is 0 Å². The molecule has 4 rings (SSSR count). The number of H-pyrrole nitrogens is 1. The molecule has 0 bridgehead atoms. The van der Waals surface area contributed by atoms with E-state index in [1.165, 1.54) is 11.3 Å². The summed E-state index contributed by atoms with van der Waals surface area (Å²) in [5.41, 5.74) is 3.95. The SMILES string of the molecule is O=C(Nc1nc(-c2ccc(Cl)cc2)cs1)c1ccc2nc[nH]c2c1. The lowest BCUT2D eigenvalue weighted by Crippen LogP contribution is -2.11. The van der Waals surface area contributed by atoms with Gasteiger partial charge in [0.2, 0.25) is 0 Å². The van der Waals surface area contributed by atoms with Crippen LogP contribution in [-0.4, -0.2) is 20.9 Å². The molecule has 0 aliphatic heterocycles. The Balaban J connectivity index is 1.54. The summed E-state index contributed by atoms with van der Waals surface area (Å²) < 4.78 is 0. The van der Waals surface area contributed by atoms with Gasteiger partial charge in [0.15, 0.2) is 5.13 Å². The van der Waals surface area contributed by atoms with E-state index in [0.29, 0.717) is 15.7 Å². The summed E-state index contributed by atoms with van der Waals surface area (Å²) in [7, 11) is 0. The number of benzene rings is 2. The van der Waals surface area contributed by atoms with Crippen molar-refractivity contribution in [3.05, 3.63) is 64.8 Å². The number of carbonyl (C=O) groups is 1. The molecule has 0 atom stereocenters. The monoisotopic (exact) mass is 354 g/mol. The predicted molar refractivity (Wildman–Crippen MR) is 96.6 cm³/mol. The summed E-state index contributed by atoms with van der Waals surface area (Å²) in [5.74, 6) is -0.205. The van der Waals surface area contributed by atoms with Crippen molar-refractivity contribution >= 4 is 45.0 Å². The van der Waals surface area contributed by atoms with Gasteiger partial charge in [-0.15, -0.1) is 11.3 Å². The Bertz CT molecular complexity index is 1020. The highest BCUT2D eigenvalue weighted by molar-refractivity contribution is 7.14. The number of amides is 1. The van der Waals surface area contributed by atoms with Crippen LogP contribution in [0.25, 0.3) is 22.3 Å². The molecule has 4 aromatic rings. The van der Waals surface area contributed by atoms with Gasteiger partial charge in [0.25, 0.3) is 5.91 Å². The molecule has 0 fully saturated rings. The first-order valence-corrected chi connectivity index (χ1v) is 8.41. The van der Waals surface area contributed by atoms with Crippen molar-refractivity contribution in [1.82, 2.24) is 15.0 Å². The number of nitrogens with one attached hydrogen (secondary N) is 2. The molecule has 0 radical (unpaired) electrons. The van der Waals surface area contributed by atoms with Crippen LogP contribution in [0.2, 0.25) is 5.02 Å². The molecule has 0 saturated carbocycles. The zero-order valence-electron chi connectivity index (χ0n) is 12.3. The van der Waals surface area contributed by atoms with Crippen LogP contribution in [0.4, 0.5) is 5.13 Å². The van der Waals surface area contributed by atoms with E-state index in [9.17, 15) is 4.79 Å². The molecule has 0 unspecified atom stereocenters. The summed E-state index contributed by atoms with van der Waals surface area (Å²) in [6.07, 6.45) is 1.60. The number of aromatic amines is 1. The maximum Gasteiger partial charge on any atom is 0.257 e. The van der Waals surface area contributed by atoms with Gasteiger partial charge in [0.05, 0.1) is 23.1 Å². The van der Waals surface area contributed by atoms with Crippen LogP contribution in [0.1, 0.15) is 10.4 Å². The minimum absolute atomic E-state index is 0.205. The minimum atomic E-state index is -0.205. The Kier molecular flexibility index (Phi) is 3.76. The van der Waals surface area contributed by atoms with Crippen LogP contribution >= 0.6 is 22.9 Å². The lowest BCUT2D eigenvalue weighted by atomic mass is 10.2. The van der Waals surface area contributed by atoms with Gasteiger partial charge in [0, 0.05) is 21.5 Å². The minimum Gasteiger partial charge on any atom is -0.345 e. The number of halogens is 1. The highest BCUT2D eigenvalue weighted by Gasteiger charge is 2.11. The van der Waals surface area contributed by atoms with E-state index in [1.807, 2.05) is 35.7 Å². The normalized spacial score (nSPS) is 10.9. The van der Waals surface area contributed by atoms with Crippen molar-refractivity contribution in [1.29, 1.82) is 0 Å². The van der Waals surface area contributed by atoms with Crippen molar-refractivity contribution in [3.63, 3.8) is 0 Å². The quantitative estimate of drug-likeness (QED) is 0.565. The molecule has 24 heavy (non-hydrogen) atoms. The fraction of sp³-hybridized carbons (Fsp3) is 0. The van der Waals surface area contributed by atoms with E-state index in [2.05, 4.69) is 20.3 Å². The maximum atomic E-state index is 12.4. The lowest BCUT2D eigenvalue weighted by molar-refractivity contribution is 0.102. The average molecular weight is 355 g/mol. The van der Waals surface area contributed by atoms with Gasteiger partial charge in [-0.05, 0) is 30.3 Å². The molecule has 5 nitrogen and oxygen atoms in total. The number of carbonyl (C=O) groups excluding carboxylic acids is 1. The summed E-state index contributed by atoms with van der Waals surface area (Å²) in [4.78, 5) is 24.0. The first-order chi connectivity index (χ1) is 11.7. The van der Waals surface area contributed by atoms with E-state index in [0.717, 1.165) is 22.3 Å². The Morgan fingerprint density at radius 1 is 1.17 bits per heavy atom. The van der Waals surface area contributed by atoms with Crippen LogP contribution in [0, 0.1) is 0 Å². The molecule has 2 N–H and O–H groups in total. The Morgan fingerprint density at radius 3 is 2.83 bits per heavy atom. The van der Waals surface area contributed by atoms with Crippen molar-refractivity contribution in [2.45, 2.75) is 0 Å². The third-order valence-electron chi connectivity index (χ3n) is 3.55. The van der Waals surface area contributed by atoms with Crippen molar-refractivity contribution in [2.24, 2.45) is 0 Å². The number of fused-ring (bicyclic) bond motifs is 1. The van der Waals surface area contributed by atoms with E-state index < -0.39 is 0 Å². The Hall–Kier alpha value is -2.70. The molecule has 0 saturated heterocycles. The van der Waals surface area contributed by atoms with Crippen LogP contribution in [0.3, 0.4) is 0 Å². The zero-order valence-corrected chi connectivity index (χ0v) is 13.9. The molecule has 2 heterocycles. The largest absolute Gasteiger partial charge is 0.345 e. The lowest BCUT2D eigenvalue weighted by Gasteiger charge is -2.02. The number of aromatic nitrogens is 3. The fourth-order valence-corrected chi connectivity index (χ4v) is 3.17. The fourth-order valence-electron chi connectivity index (χ4n) is 2.33. The number of nitrogens with zero attached hydrogens (tertiary/aromatic N) is 2. The van der Waals surface area contributed by atoms with Crippen LogP contribution < -0.4 is 5.32 Å². The molecule has 0 aliphatic rings. The van der Waals surface area contributed by atoms with Gasteiger partial charge in [-0.25, -0.2) is 9.97 Å². The first-order valence-electron chi connectivity index (χ1n) is 7.15. The summed E-state index contributed by atoms with van der Waals surface area (Å²) >= 11 is 7.27. The molecule has 2 aromatic heterocycles. The first kappa shape index (κ1) is 14.9. The van der Waals surface area contributed by atoms with Crippen molar-refractivity contribution < 1.29 is 4.79 Å². The molecule has 7 heteroatoms. The van der Waals surface area contributed by atoms with E-state index in [1.54, 1.807) is 18.5 Å². The van der Waals surface area contributed by atoms with Gasteiger partial charge >= 0.3 is 0 Å². The third kappa shape index (κ3) is 2.89. The molecule has 1 amide bonds. The van der Waals surface area contributed by atoms with Crippen LogP contribution in [0.5, 0.6) is 0 Å². The molecular weight excluding hydrogens is 344 g/mol. The van der Waals surface area contributed by atoms with Crippen molar-refractivity contribution in [2.75, 3.05) is 5.32 Å². The summed E-state index contributed by atoms with van der Waals surface area (Å²) in [6, 6.07) is 12.7. The zero-order chi connectivity index (χ0) is 16.5. The smallest absolute Gasteiger partial charge is 0.257 e. The molecule has 0 aliphatic carbocycles. The molecule has 2 aromatic carbocycles. The standard InChI is InChI=1S/C17H11ClN4OS/c18-12-4-1-10(2-5-12)15-8-24-17(21-15)22-16(23)11-3-6-13-14(7-11)20-9-19-13/h1-9H,(H,19,20)(H,21,22,23). The molecule has 118 valence electrons. The van der Waals surface area contributed by atoms with Crippen molar-refractivity contribution in [3.8, 4) is 11.3 Å². The van der Waals surface area contributed by atoms with E-state index >= 15 is 0 Å². The Morgan fingerprint density at radius 2 is 2.00 bits per heavy atom. The molecule has 0 spiro atoms. The van der Waals surface area contributed by atoms with E-state index in [4.69, 9.17) is 11.6 Å². The van der Waals surface area contributed by atoms with Gasteiger partial charge in [0.1, 0.15) is 0 Å². The highest BCUT2D eigenvalue weighted by atomic mass is 35.5. The third-order valence-corrected chi connectivity index (χ3v) is 4.56.